The molecular formula is C25H27FN4O. The van der Waals surface area contributed by atoms with Crippen LogP contribution in [0.1, 0.15) is 24.8 Å². The van der Waals surface area contributed by atoms with E-state index in [9.17, 15) is 9.18 Å². The number of nitrogens with zero attached hydrogens (tertiary/aromatic N) is 3. The topological polar surface area (TPSA) is 58.1 Å². The van der Waals surface area contributed by atoms with Crippen molar-refractivity contribution < 1.29 is 9.18 Å². The van der Waals surface area contributed by atoms with Crippen LogP contribution in [0.25, 0.3) is 11.4 Å². The molecule has 3 aromatic rings. The first-order valence-corrected chi connectivity index (χ1v) is 10.8. The summed E-state index contributed by atoms with van der Waals surface area (Å²) in [5.74, 6) is 1.00. The van der Waals surface area contributed by atoms with Crippen LogP contribution < -0.4 is 10.2 Å². The number of hydrogen-bond acceptors (Lipinski definition) is 4. The Morgan fingerprint density at radius 2 is 2.00 bits per heavy atom. The van der Waals surface area contributed by atoms with Crippen molar-refractivity contribution in [2.45, 2.75) is 25.7 Å². The Morgan fingerprint density at radius 3 is 2.84 bits per heavy atom. The maximum absolute atomic E-state index is 13.6. The van der Waals surface area contributed by atoms with Gasteiger partial charge in [0.05, 0.1) is 5.92 Å². The predicted octanol–water partition coefficient (Wildman–Crippen LogP) is 4.25. The van der Waals surface area contributed by atoms with E-state index >= 15 is 0 Å². The summed E-state index contributed by atoms with van der Waals surface area (Å²) in [4.78, 5) is 23.7. The van der Waals surface area contributed by atoms with Gasteiger partial charge in [0.25, 0.3) is 0 Å². The van der Waals surface area contributed by atoms with E-state index in [1.807, 2.05) is 24.3 Å². The van der Waals surface area contributed by atoms with Gasteiger partial charge in [-0.25, -0.2) is 14.4 Å². The molecule has 1 fully saturated rings. The van der Waals surface area contributed by atoms with Crippen LogP contribution in [0.4, 0.5) is 10.2 Å². The van der Waals surface area contributed by atoms with Crippen LogP contribution >= 0.6 is 0 Å². The average Bonchev–Trinajstić information content (AvgIpc) is 2.82. The van der Waals surface area contributed by atoms with Crippen LogP contribution in [0.15, 0.2) is 66.9 Å². The SMILES string of the molecule is O=C(NCCCc1ccccc1)[C@@H]1CCCN(c2ccnc(-c3cccc(F)c3)n2)C1. The van der Waals surface area contributed by atoms with Crippen molar-refractivity contribution in [3.8, 4) is 11.4 Å². The molecule has 5 nitrogen and oxygen atoms in total. The molecule has 2 heterocycles. The summed E-state index contributed by atoms with van der Waals surface area (Å²) >= 11 is 0. The second kappa shape index (κ2) is 10.2. The van der Waals surface area contributed by atoms with Gasteiger partial charge >= 0.3 is 0 Å². The number of anilines is 1. The van der Waals surface area contributed by atoms with E-state index in [1.54, 1.807) is 18.3 Å². The maximum atomic E-state index is 13.6. The van der Waals surface area contributed by atoms with Crippen molar-refractivity contribution in [2.24, 2.45) is 5.92 Å². The highest BCUT2D eigenvalue weighted by molar-refractivity contribution is 5.79. The Kier molecular flexibility index (Phi) is 6.87. The van der Waals surface area contributed by atoms with Crippen molar-refractivity contribution in [3.05, 3.63) is 78.2 Å². The monoisotopic (exact) mass is 418 g/mol. The minimum atomic E-state index is -0.312. The minimum Gasteiger partial charge on any atom is -0.356 e. The summed E-state index contributed by atoms with van der Waals surface area (Å²) in [5, 5.41) is 3.10. The third kappa shape index (κ3) is 5.66. The van der Waals surface area contributed by atoms with Gasteiger partial charge in [-0.3, -0.25) is 4.79 Å². The summed E-state index contributed by atoms with van der Waals surface area (Å²) in [6.07, 6.45) is 5.39. The molecule has 1 aliphatic heterocycles. The first-order valence-electron chi connectivity index (χ1n) is 10.8. The lowest BCUT2D eigenvalue weighted by Crippen LogP contribution is -2.43. The fraction of sp³-hybridized carbons (Fsp3) is 0.320. The van der Waals surface area contributed by atoms with Gasteiger partial charge in [0.15, 0.2) is 5.82 Å². The van der Waals surface area contributed by atoms with E-state index in [4.69, 9.17) is 0 Å². The highest BCUT2D eigenvalue weighted by Crippen LogP contribution is 2.24. The number of nitrogens with one attached hydrogen (secondary N) is 1. The standard InChI is InChI=1S/C25H27FN4O/c26-22-12-4-10-20(17-22)24-27-15-13-23(29-24)30-16-6-11-21(18-30)25(31)28-14-5-9-19-7-2-1-3-8-19/h1-4,7-8,10,12-13,15,17,21H,5-6,9,11,14,16,18H2,(H,28,31)/t21-/m1/s1. The quantitative estimate of drug-likeness (QED) is 0.583. The minimum absolute atomic E-state index is 0.0574. The Labute approximate surface area is 182 Å². The zero-order valence-corrected chi connectivity index (χ0v) is 17.5. The zero-order chi connectivity index (χ0) is 21.5. The first-order chi connectivity index (χ1) is 15.2. The number of aromatic nitrogens is 2. The first kappa shape index (κ1) is 21.0. The normalized spacial score (nSPS) is 16.2. The smallest absolute Gasteiger partial charge is 0.224 e. The molecular weight excluding hydrogens is 391 g/mol. The van der Waals surface area contributed by atoms with Gasteiger partial charge in [0.1, 0.15) is 11.6 Å². The second-order valence-electron chi connectivity index (χ2n) is 7.91. The number of carbonyl (C=O) groups is 1. The van der Waals surface area contributed by atoms with E-state index in [-0.39, 0.29) is 17.6 Å². The van der Waals surface area contributed by atoms with Crippen molar-refractivity contribution in [2.75, 3.05) is 24.5 Å². The Hall–Kier alpha value is -3.28. The molecule has 1 aliphatic rings. The van der Waals surface area contributed by atoms with Gasteiger partial charge < -0.3 is 10.2 Å². The van der Waals surface area contributed by atoms with Crippen molar-refractivity contribution in [3.63, 3.8) is 0 Å². The Morgan fingerprint density at radius 1 is 1.13 bits per heavy atom. The van der Waals surface area contributed by atoms with Crippen LogP contribution in [-0.4, -0.2) is 35.5 Å². The number of piperidine rings is 1. The molecule has 0 spiro atoms. The number of halogens is 1. The molecule has 0 aliphatic carbocycles. The number of aryl methyl sites for hydroxylation is 1. The Balaban J connectivity index is 1.33. The lowest BCUT2D eigenvalue weighted by atomic mass is 9.97. The zero-order valence-electron chi connectivity index (χ0n) is 17.5. The molecule has 0 radical (unpaired) electrons. The largest absolute Gasteiger partial charge is 0.356 e. The van der Waals surface area contributed by atoms with Crippen LogP contribution in [0.2, 0.25) is 0 Å². The third-order valence-corrected chi connectivity index (χ3v) is 5.62. The summed E-state index contributed by atoms with van der Waals surface area (Å²) < 4.78 is 13.6. The van der Waals surface area contributed by atoms with E-state index < -0.39 is 0 Å². The van der Waals surface area contributed by atoms with Crippen LogP contribution in [-0.2, 0) is 11.2 Å². The van der Waals surface area contributed by atoms with Gasteiger partial charge in [-0.2, -0.15) is 0 Å². The number of carbonyl (C=O) groups excluding carboxylic acids is 1. The molecule has 1 N–H and O–H groups in total. The van der Waals surface area contributed by atoms with Crippen LogP contribution in [0.3, 0.4) is 0 Å². The molecule has 1 atom stereocenters. The molecule has 31 heavy (non-hydrogen) atoms. The fourth-order valence-corrected chi connectivity index (χ4v) is 3.98. The molecule has 4 rings (SSSR count). The third-order valence-electron chi connectivity index (χ3n) is 5.62. The highest BCUT2D eigenvalue weighted by Gasteiger charge is 2.26. The van der Waals surface area contributed by atoms with E-state index in [1.165, 1.54) is 17.7 Å². The fourth-order valence-electron chi connectivity index (χ4n) is 3.98. The van der Waals surface area contributed by atoms with E-state index in [0.717, 1.165) is 38.0 Å². The lowest BCUT2D eigenvalue weighted by molar-refractivity contribution is -0.125. The molecule has 160 valence electrons. The lowest BCUT2D eigenvalue weighted by Gasteiger charge is -2.33. The van der Waals surface area contributed by atoms with Crippen molar-refractivity contribution >= 4 is 11.7 Å². The maximum Gasteiger partial charge on any atom is 0.224 e. The van der Waals surface area contributed by atoms with Gasteiger partial charge in [0.2, 0.25) is 5.91 Å². The van der Waals surface area contributed by atoms with E-state index in [2.05, 4.69) is 32.3 Å². The molecule has 1 saturated heterocycles. The molecule has 1 amide bonds. The molecule has 0 bridgehead atoms. The van der Waals surface area contributed by atoms with Crippen LogP contribution in [0, 0.1) is 11.7 Å². The van der Waals surface area contributed by atoms with Crippen molar-refractivity contribution in [1.29, 1.82) is 0 Å². The predicted molar refractivity (Wildman–Crippen MR) is 120 cm³/mol. The molecule has 2 aromatic carbocycles. The van der Waals surface area contributed by atoms with Gasteiger partial charge in [-0.05, 0) is 49.4 Å². The summed E-state index contributed by atoms with van der Waals surface area (Å²) in [7, 11) is 0. The second-order valence-corrected chi connectivity index (χ2v) is 7.91. The number of hydrogen-bond donors (Lipinski definition) is 1. The summed E-state index contributed by atoms with van der Waals surface area (Å²) in [6, 6.07) is 18.4. The van der Waals surface area contributed by atoms with E-state index in [0.29, 0.717) is 24.5 Å². The summed E-state index contributed by atoms with van der Waals surface area (Å²) in [6.45, 7) is 2.16. The number of amides is 1. The van der Waals surface area contributed by atoms with Gasteiger partial charge in [-0.15, -0.1) is 0 Å². The molecule has 1 aromatic heterocycles. The molecule has 6 heteroatoms. The Bertz CT molecular complexity index is 1010. The van der Waals surface area contributed by atoms with Gasteiger partial charge in [0, 0.05) is 31.4 Å². The molecule has 0 unspecified atom stereocenters. The number of rotatable bonds is 7. The highest BCUT2D eigenvalue weighted by atomic mass is 19.1. The van der Waals surface area contributed by atoms with Crippen molar-refractivity contribution in [1.82, 2.24) is 15.3 Å². The summed E-state index contributed by atoms with van der Waals surface area (Å²) in [5.41, 5.74) is 1.94. The van der Waals surface area contributed by atoms with Gasteiger partial charge in [-0.1, -0.05) is 42.5 Å². The van der Waals surface area contributed by atoms with Crippen LogP contribution in [0.5, 0.6) is 0 Å². The average molecular weight is 419 g/mol. The molecule has 0 saturated carbocycles. The number of benzene rings is 2.